The van der Waals surface area contributed by atoms with Gasteiger partial charge in [0.05, 0.1) is 13.7 Å². The minimum Gasteiger partial charge on any atom is -0.488 e. The number of methoxy groups -OCH3 is 1. The van der Waals surface area contributed by atoms with Crippen LogP contribution >= 0.6 is 0 Å². The van der Waals surface area contributed by atoms with Crippen LogP contribution in [-0.2, 0) is 9.47 Å². The van der Waals surface area contributed by atoms with Crippen molar-refractivity contribution in [1.82, 2.24) is 4.98 Å². The van der Waals surface area contributed by atoms with Crippen molar-refractivity contribution in [3.63, 3.8) is 0 Å². The summed E-state index contributed by atoms with van der Waals surface area (Å²) in [4.78, 5) is 14.5. The molecule has 1 aliphatic heterocycles. The van der Waals surface area contributed by atoms with Crippen LogP contribution in [0.4, 0.5) is 0 Å². The van der Waals surface area contributed by atoms with Crippen LogP contribution in [-0.4, -0.2) is 37.4 Å². The maximum Gasteiger partial charge on any atom is 0.358 e. The van der Waals surface area contributed by atoms with Gasteiger partial charge in [-0.2, -0.15) is 0 Å². The Labute approximate surface area is 93.7 Å². The number of H-pyrrole nitrogens is 1. The van der Waals surface area contributed by atoms with Gasteiger partial charge in [-0.3, -0.25) is 0 Å². The minimum absolute atomic E-state index is 0.167. The van der Waals surface area contributed by atoms with E-state index in [1.807, 2.05) is 13.8 Å². The molecule has 0 bridgehead atoms. The second kappa shape index (κ2) is 4.17. The molecule has 0 aromatic carbocycles. The third-order valence-corrected chi connectivity index (χ3v) is 2.65. The van der Waals surface area contributed by atoms with Crippen LogP contribution in [0.1, 0.15) is 21.7 Å². The fourth-order valence-electron chi connectivity index (χ4n) is 1.46. The number of ether oxygens (including phenoxy) is 3. The SMILES string of the molecule is COC(=O)c1[nH]c(C)c(C)c1OCC1CO1. The highest BCUT2D eigenvalue weighted by atomic mass is 16.6. The van der Waals surface area contributed by atoms with Gasteiger partial charge in [0.1, 0.15) is 12.7 Å². The van der Waals surface area contributed by atoms with Gasteiger partial charge in [0.15, 0.2) is 11.4 Å². The Bertz CT molecular complexity index is 406. The van der Waals surface area contributed by atoms with E-state index in [9.17, 15) is 4.79 Å². The van der Waals surface area contributed by atoms with Crippen LogP contribution in [0.2, 0.25) is 0 Å². The summed E-state index contributed by atoms with van der Waals surface area (Å²) in [6, 6.07) is 0. The van der Waals surface area contributed by atoms with Gasteiger partial charge in [0.2, 0.25) is 0 Å². The van der Waals surface area contributed by atoms with Gasteiger partial charge in [-0.25, -0.2) is 4.79 Å². The first-order valence-electron chi connectivity index (χ1n) is 5.15. The van der Waals surface area contributed by atoms with E-state index in [4.69, 9.17) is 9.47 Å². The second-order valence-electron chi connectivity index (χ2n) is 3.84. The van der Waals surface area contributed by atoms with Crippen molar-refractivity contribution in [2.24, 2.45) is 0 Å². The van der Waals surface area contributed by atoms with Gasteiger partial charge < -0.3 is 19.2 Å². The molecule has 0 spiro atoms. The number of hydrogen-bond donors (Lipinski definition) is 1. The molecule has 16 heavy (non-hydrogen) atoms. The molecule has 0 saturated carbocycles. The third kappa shape index (κ3) is 2.04. The molecule has 1 aromatic heterocycles. The predicted molar refractivity (Wildman–Crippen MR) is 56.8 cm³/mol. The highest BCUT2D eigenvalue weighted by Gasteiger charge is 2.26. The maximum absolute atomic E-state index is 11.5. The highest BCUT2D eigenvalue weighted by molar-refractivity contribution is 5.91. The van der Waals surface area contributed by atoms with Gasteiger partial charge in [0.25, 0.3) is 0 Å². The summed E-state index contributed by atoms with van der Waals surface area (Å²) in [5.74, 6) is 0.155. The Balaban J connectivity index is 2.20. The monoisotopic (exact) mass is 225 g/mol. The summed E-state index contributed by atoms with van der Waals surface area (Å²) < 4.78 is 15.3. The molecule has 2 heterocycles. The normalized spacial score (nSPS) is 18.3. The molecule has 1 atom stereocenters. The lowest BCUT2D eigenvalue weighted by Crippen LogP contribution is -2.09. The molecule has 5 heteroatoms. The fourth-order valence-corrected chi connectivity index (χ4v) is 1.46. The number of esters is 1. The van der Waals surface area contributed by atoms with Gasteiger partial charge in [-0.05, 0) is 13.8 Å². The molecule has 0 amide bonds. The molecular weight excluding hydrogens is 210 g/mol. The summed E-state index contributed by atoms with van der Waals surface area (Å²) in [5.41, 5.74) is 2.21. The molecule has 1 aliphatic rings. The van der Waals surface area contributed by atoms with Gasteiger partial charge in [0, 0.05) is 11.3 Å². The number of nitrogens with one attached hydrogen (secondary N) is 1. The van der Waals surface area contributed by atoms with E-state index in [0.29, 0.717) is 18.1 Å². The summed E-state index contributed by atoms with van der Waals surface area (Å²) in [6.45, 7) is 5.00. The molecule has 1 unspecified atom stereocenters. The van der Waals surface area contributed by atoms with Crippen molar-refractivity contribution in [1.29, 1.82) is 0 Å². The van der Waals surface area contributed by atoms with Crippen LogP contribution in [0, 0.1) is 13.8 Å². The van der Waals surface area contributed by atoms with E-state index in [0.717, 1.165) is 17.9 Å². The zero-order valence-electron chi connectivity index (χ0n) is 9.62. The average molecular weight is 225 g/mol. The van der Waals surface area contributed by atoms with Gasteiger partial charge in [-0.15, -0.1) is 0 Å². The number of carbonyl (C=O) groups excluding carboxylic acids is 1. The number of aryl methyl sites for hydroxylation is 1. The fraction of sp³-hybridized carbons (Fsp3) is 0.545. The Morgan fingerprint density at radius 3 is 2.81 bits per heavy atom. The van der Waals surface area contributed by atoms with E-state index < -0.39 is 5.97 Å². The van der Waals surface area contributed by atoms with Crippen LogP contribution < -0.4 is 4.74 Å². The average Bonchev–Trinajstić information content (AvgIpc) is 3.05. The predicted octanol–water partition coefficient (Wildman–Crippen LogP) is 1.20. The highest BCUT2D eigenvalue weighted by Crippen LogP contribution is 2.27. The van der Waals surface area contributed by atoms with Crippen LogP contribution in [0.25, 0.3) is 0 Å². The molecule has 1 fully saturated rings. The molecule has 2 rings (SSSR count). The topological polar surface area (TPSA) is 63.9 Å². The molecular formula is C11H15NO4. The van der Waals surface area contributed by atoms with E-state index in [1.54, 1.807) is 0 Å². The smallest absolute Gasteiger partial charge is 0.358 e. The molecule has 1 saturated heterocycles. The Kier molecular flexibility index (Phi) is 2.87. The molecule has 5 nitrogen and oxygen atoms in total. The first kappa shape index (κ1) is 11.0. The molecule has 0 radical (unpaired) electrons. The van der Waals surface area contributed by atoms with Crippen molar-refractivity contribution >= 4 is 5.97 Å². The summed E-state index contributed by atoms with van der Waals surface area (Å²) in [7, 11) is 1.35. The van der Waals surface area contributed by atoms with Crippen molar-refractivity contribution in [3.8, 4) is 5.75 Å². The number of aromatic amines is 1. The molecule has 1 aromatic rings. The Hall–Kier alpha value is -1.49. The van der Waals surface area contributed by atoms with Crippen LogP contribution in [0.3, 0.4) is 0 Å². The number of aromatic nitrogens is 1. The van der Waals surface area contributed by atoms with Crippen molar-refractivity contribution in [3.05, 3.63) is 17.0 Å². The number of hydrogen-bond acceptors (Lipinski definition) is 4. The molecule has 0 aliphatic carbocycles. The lowest BCUT2D eigenvalue weighted by molar-refractivity contribution is 0.0589. The van der Waals surface area contributed by atoms with E-state index in [-0.39, 0.29) is 6.10 Å². The minimum atomic E-state index is -0.414. The summed E-state index contributed by atoms with van der Waals surface area (Å²) in [6.07, 6.45) is 0.167. The van der Waals surface area contributed by atoms with Crippen molar-refractivity contribution in [2.75, 3.05) is 20.3 Å². The third-order valence-electron chi connectivity index (χ3n) is 2.65. The largest absolute Gasteiger partial charge is 0.488 e. The number of rotatable bonds is 4. The quantitative estimate of drug-likeness (QED) is 0.617. The van der Waals surface area contributed by atoms with E-state index >= 15 is 0 Å². The molecule has 1 N–H and O–H groups in total. The first-order chi connectivity index (χ1) is 7.63. The zero-order valence-corrected chi connectivity index (χ0v) is 9.62. The lowest BCUT2D eigenvalue weighted by atomic mass is 10.2. The Morgan fingerprint density at radius 1 is 1.56 bits per heavy atom. The summed E-state index contributed by atoms with van der Waals surface area (Å²) in [5, 5.41) is 0. The summed E-state index contributed by atoms with van der Waals surface area (Å²) >= 11 is 0. The van der Waals surface area contributed by atoms with Crippen LogP contribution in [0.15, 0.2) is 0 Å². The maximum atomic E-state index is 11.5. The molecule has 88 valence electrons. The van der Waals surface area contributed by atoms with Gasteiger partial charge in [-0.1, -0.05) is 0 Å². The number of epoxide rings is 1. The zero-order chi connectivity index (χ0) is 11.7. The van der Waals surface area contributed by atoms with E-state index in [1.165, 1.54) is 7.11 Å². The van der Waals surface area contributed by atoms with E-state index in [2.05, 4.69) is 9.72 Å². The first-order valence-corrected chi connectivity index (χ1v) is 5.15. The Morgan fingerprint density at radius 2 is 2.25 bits per heavy atom. The van der Waals surface area contributed by atoms with Crippen LogP contribution in [0.5, 0.6) is 5.75 Å². The second-order valence-corrected chi connectivity index (χ2v) is 3.84. The van der Waals surface area contributed by atoms with Crippen molar-refractivity contribution in [2.45, 2.75) is 20.0 Å². The standard InChI is InChI=1S/C11H15NO4/c1-6-7(2)12-9(11(13)14-3)10(6)16-5-8-4-15-8/h8,12H,4-5H2,1-3H3. The van der Waals surface area contributed by atoms with Gasteiger partial charge >= 0.3 is 5.97 Å². The lowest BCUT2D eigenvalue weighted by Gasteiger charge is -2.05. The van der Waals surface area contributed by atoms with Crippen molar-refractivity contribution < 1.29 is 19.0 Å². The number of carbonyl (C=O) groups is 1.